The van der Waals surface area contributed by atoms with Gasteiger partial charge < -0.3 is 10.0 Å². The van der Waals surface area contributed by atoms with Gasteiger partial charge in [0.25, 0.3) is 0 Å². The van der Waals surface area contributed by atoms with Crippen LogP contribution in [0.1, 0.15) is 31.2 Å². The van der Waals surface area contributed by atoms with Crippen LogP contribution in [0.25, 0.3) is 0 Å². The molecule has 0 spiro atoms. The van der Waals surface area contributed by atoms with E-state index < -0.39 is 0 Å². The molecule has 1 aliphatic rings. The van der Waals surface area contributed by atoms with Crippen LogP contribution in [0.5, 0.6) is 0 Å². The number of benzene rings is 1. The third-order valence-corrected chi connectivity index (χ3v) is 3.34. The van der Waals surface area contributed by atoms with E-state index in [9.17, 15) is 4.39 Å². The van der Waals surface area contributed by atoms with E-state index >= 15 is 0 Å². The number of aliphatic hydroxyl groups excluding tert-OH is 1. The van der Waals surface area contributed by atoms with Gasteiger partial charge in [-0.2, -0.15) is 0 Å². The predicted molar refractivity (Wildman–Crippen MR) is 67.9 cm³/mol. The van der Waals surface area contributed by atoms with Gasteiger partial charge in [0.1, 0.15) is 5.82 Å². The summed E-state index contributed by atoms with van der Waals surface area (Å²) in [6.45, 7) is 2.36. The molecule has 1 aromatic rings. The molecule has 0 aliphatic carbocycles. The number of hydrogen-bond acceptors (Lipinski definition) is 2. The van der Waals surface area contributed by atoms with Crippen LogP contribution >= 0.6 is 0 Å². The second kappa shape index (κ2) is 6.01. The number of aliphatic hydroxyl groups is 1. The first-order chi connectivity index (χ1) is 8.31. The normalized spacial score (nSPS) is 14.8. The van der Waals surface area contributed by atoms with E-state index in [0.717, 1.165) is 50.8 Å². The molecule has 3 heteroatoms. The fourth-order valence-corrected chi connectivity index (χ4v) is 2.47. The molecule has 0 bridgehead atoms. The highest BCUT2D eigenvalue weighted by molar-refractivity contribution is 5.55. The molecule has 1 heterocycles. The van der Waals surface area contributed by atoms with Crippen LogP contribution in [0.2, 0.25) is 0 Å². The quantitative estimate of drug-likeness (QED) is 0.796. The van der Waals surface area contributed by atoms with Gasteiger partial charge in [0.15, 0.2) is 0 Å². The summed E-state index contributed by atoms with van der Waals surface area (Å²) in [7, 11) is 0. The molecule has 2 nitrogen and oxygen atoms in total. The summed E-state index contributed by atoms with van der Waals surface area (Å²) in [5.41, 5.74) is 2.33. The Morgan fingerprint density at radius 1 is 1.24 bits per heavy atom. The second-order valence-corrected chi connectivity index (χ2v) is 4.65. The zero-order valence-electron chi connectivity index (χ0n) is 10.2. The van der Waals surface area contributed by atoms with Gasteiger partial charge >= 0.3 is 0 Å². The van der Waals surface area contributed by atoms with Crippen LogP contribution in [-0.2, 0) is 6.42 Å². The highest BCUT2D eigenvalue weighted by atomic mass is 19.1. The first-order valence-electron chi connectivity index (χ1n) is 6.45. The van der Waals surface area contributed by atoms with E-state index in [0.29, 0.717) is 0 Å². The Labute approximate surface area is 102 Å². The Hall–Kier alpha value is -1.09. The standard InChI is InChI=1S/C14H20FNO/c15-13-6-7-14-12(11-13)5-4-9-16(14)8-2-1-3-10-17/h6-7,11,17H,1-5,8-10H2. The van der Waals surface area contributed by atoms with E-state index in [2.05, 4.69) is 4.90 Å². The molecule has 1 aromatic carbocycles. The molecule has 0 amide bonds. The van der Waals surface area contributed by atoms with Crippen molar-refractivity contribution in [2.45, 2.75) is 32.1 Å². The molecule has 0 aromatic heterocycles. The Morgan fingerprint density at radius 2 is 2.12 bits per heavy atom. The van der Waals surface area contributed by atoms with E-state index in [1.54, 1.807) is 12.1 Å². The molecule has 17 heavy (non-hydrogen) atoms. The zero-order valence-corrected chi connectivity index (χ0v) is 10.2. The van der Waals surface area contributed by atoms with Gasteiger partial charge in [0, 0.05) is 25.4 Å². The first-order valence-corrected chi connectivity index (χ1v) is 6.45. The van der Waals surface area contributed by atoms with Gasteiger partial charge in [-0.1, -0.05) is 0 Å². The number of rotatable bonds is 5. The minimum atomic E-state index is -0.133. The summed E-state index contributed by atoms with van der Waals surface area (Å²) in [5.74, 6) is -0.133. The monoisotopic (exact) mass is 237 g/mol. The van der Waals surface area contributed by atoms with Gasteiger partial charge in [-0.25, -0.2) is 4.39 Å². The third-order valence-electron chi connectivity index (χ3n) is 3.34. The number of unbranched alkanes of at least 4 members (excludes halogenated alkanes) is 2. The molecule has 94 valence electrons. The lowest BCUT2D eigenvalue weighted by Crippen LogP contribution is -2.30. The Morgan fingerprint density at radius 3 is 2.94 bits per heavy atom. The number of aryl methyl sites for hydroxylation is 1. The summed E-state index contributed by atoms with van der Waals surface area (Å²) < 4.78 is 13.1. The lowest BCUT2D eigenvalue weighted by atomic mass is 10.0. The molecule has 1 N–H and O–H groups in total. The van der Waals surface area contributed by atoms with Crippen LogP contribution < -0.4 is 4.90 Å². The van der Waals surface area contributed by atoms with Crippen LogP contribution in [0.4, 0.5) is 10.1 Å². The van der Waals surface area contributed by atoms with Crippen molar-refractivity contribution in [1.82, 2.24) is 0 Å². The average molecular weight is 237 g/mol. The smallest absolute Gasteiger partial charge is 0.123 e. The van der Waals surface area contributed by atoms with Crippen LogP contribution in [0, 0.1) is 5.82 Å². The largest absolute Gasteiger partial charge is 0.396 e. The van der Waals surface area contributed by atoms with Crippen molar-refractivity contribution in [1.29, 1.82) is 0 Å². The maximum atomic E-state index is 13.1. The molecule has 0 radical (unpaired) electrons. The van der Waals surface area contributed by atoms with Crippen molar-refractivity contribution in [3.8, 4) is 0 Å². The number of anilines is 1. The van der Waals surface area contributed by atoms with Crippen LogP contribution in [-0.4, -0.2) is 24.8 Å². The van der Waals surface area contributed by atoms with Gasteiger partial charge in [-0.15, -0.1) is 0 Å². The van der Waals surface area contributed by atoms with Crippen LogP contribution in [0.3, 0.4) is 0 Å². The molecule has 0 unspecified atom stereocenters. The lowest BCUT2D eigenvalue weighted by Gasteiger charge is -2.31. The molecular weight excluding hydrogens is 217 g/mol. The average Bonchev–Trinajstić information content (AvgIpc) is 2.34. The third kappa shape index (κ3) is 3.19. The van der Waals surface area contributed by atoms with Gasteiger partial charge in [0.2, 0.25) is 0 Å². The highest BCUT2D eigenvalue weighted by Crippen LogP contribution is 2.27. The van der Waals surface area contributed by atoms with E-state index in [1.807, 2.05) is 6.07 Å². The number of halogens is 1. The maximum Gasteiger partial charge on any atom is 0.123 e. The highest BCUT2D eigenvalue weighted by Gasteiger charge is 2.16. The summed E-state index contributed by atoms with van der Waals surface area (Å²) in [6, 6.07) is 5.11. The second-order valence-electron chi connectivity index (χ2n) is 4.65. The molecule has 0 atom stereocenters. The number of hydrogen-bond donors (Lipinski definition) is 1. The summed E-state index contributed by atoms with van der Waals surface area (Å²) in [6.07, 6.45) is 5.13. The SMILES string of the molecule is OCCCCCN1CCCc2cc(F)ccc21. The van der Waals surface area contributed by atoms with Gasteiger partial charge in [0.05, 0.1) is 0 Å². The molecular formula is C14H20FNO. The fourth-order valence-electron chi connectivity index (χ4n) is 2.47. The molecule has 2 rings (SSSR count). The van der Waals surface area contributed by atoms with Crippen molar-refractivity contribution < 1.29 is 9.50 Å². The van der Waals surface area contributed by atoms with Crippen molar-refractivity contribution in [2.75, 3.05) is 24.6 Å². The Kier molecular flexibility index (Phi) is 4.37. The van der Waals surface area contributed by atoms with Gasteiger partial charge in [-0.05, 0) is 55.9 Å². The van der Waals surface area contributed by atoms with Crippen molar-refractivity contribution in [3.05, 3.63) is 29.6 Å². The van der Waals surface area contributed by atoms with Crippen molar-refractivity contribution >= 4 is 5.69 Å². The molecule has 0 fully saturated rings. The summed E-state index contributed by atoms with van der Waals surface area (Å²) >= 11 is 0. The Balaban J connectivity index is 1.97. The van der Waals surface area contributed by atoms with E-state index in [1.165, 1.54) is 5.69 Å². The van der Waals surface area contributed by atoms with Crippen LogP contribution in [0.15, 0.2) is 18.2 Å². The molecule has 0 saturated heterocycles. The fraction of sp³-hybridized carbons (Fsp3) is 0.571. The molecule has 0 saturated carbocycles. The van der Waals surface area contributed by atoms with E-state index in [-0.39, 0.29) is 12.4 Å². The Bertz CT molecular complexity index is 367. The van der Waals surface area contributed by atoms with Crippen molar-refractivity contribution in [3.63, 3.8) is 0 Å². The van der Waals surface area contributed by atoms with Crippen molar-refractivity contribution in [2.24, 2.45) is 0 Å². The minimum absolute atomic E-state index is 0.133. The molecule has 1 aliphatic heterocycles. The lowest BCUT2D eigenvalue weighted by molar-refractivity contribution is 0.283. The summed E-state index contributed by atoms with van der Waals surface area (Å²) in [4.78, 5) is 2.34. The number of fused-ring (bicyclic) bond motifs is 1. The number of nitrogens with zero attached hydrogens (tertiary/aromatic N) is 1. The predicted octanol–water partition coefficient (Wildman–Crippen LogP) is 2.74. The topological polar surface area (TPSA) is 23.5 Å². The van der Waals surface area contributed by atoms with Gasteiger partial charge in [-0.3, -0.25) is 0 Å². The zero-order chi connectivity index (χ0) is 12.1. The maximum absolute atomic E-state index is 13.1. The van der Waals surface area contributed by atoms with E-state index in [4.69, 9.17) is 5.11 Å². The summed E-state index contributed by atoms with van der Waals surface area (Å²) in [5, 5.41) is 8.74. The minimum Gasteiger partial charge on any atom is -0.396 e. The first kappa shape index (κ1) is 12.4.